The number of hydrogen-bond acceptors (Lipinski definition) is 4. The van der Waals surface area contributed by atoms with Gasteiger partial charge in [0, 0.05) is 25.8 Å². The van der Waals surface area contributed by atoms with E-state index in [0.717, 1.165) is 62.7 Å². The summed E-state index contributed by atoms with van der Waals surface area (Å²) >= 11 is 0. The SMILES string of the molecule is COCCN1CCC(CNC(=O)[C@H](C)c2cc(C)oc2C)CC1. The number of aryl methyl sites for hydroxylation is 2. The summed E-state index contributed by atoms with van der Waals surface area (Å²) in [6, 6.07) is 1.97. The molecule has 0 aliphatic carbocycles. The minimum atomic E-state index is -0.158. The highest BCUT2D eigenvalue weighted by atomic mass is 16.5. The van der Waals surface area contributed by atoms with Gasteiger partial charge in [-0.1, -0.05) is 0 Å². The van der Waals surface area contributed by atoms with E-state index < -0.39 is 0 Å². The van der Waals surface area contributed by atoms with E-state index in [4.69, 9.17) is 9.15 Å². The summed E-state index contributed by atoms with van der Waals surface area (Å²) in [7, 11) is 1.74. The molecule has 5 heteroatoms. The second kappa shape index (κ2) is 8.50. The van der Waals surface area contributed by atoms with Gasteiger partial charge in [-0.2, -0.15) is 0 Å². The van der Waals surface area contributed by atoms with Gasteiger partial charge in [0.05, 0.1) is 12.5 Å². The lowest BCUT2D eigenvalue weighted by Gasteiger charge is -2.31. The molecule has 0 spiro atoms. The molecule has 0 aromatic carbocycles. The Kier molecular flexibility index (Phi) is 6.66. The molecule has 1 aliphatic rings. The number of furan rings is 1. The van der Waals surface area contributed by atoms with Crippen LogP contribution in [-0.4, -0.2) is 50.7 Å². The lowest BCUT2D eigenvalue weighted by molar-refractivity contribution is -0.122. The minimum Gasteiger partial charge on any atom is -0.466 e. The molecule has 1 N–H and O–H groups in total. The van der Waals surface area contributed by atoms with E-state index in [1.807, 2.05) is 26.8 Å². The zero-order chi connectivity index (χ0) is 16.8. The van der Waals surface area contributed by atoms with Crippen LogP contribution < -0.4 is 5.32 Å². The first-order valence-electron chi connectivity index (χ1n) is 8.57. The number of rotatable bonds is 7. The number of carbonyl (C=O) groups is 1. The number of nitrogens with zero attached hydrogens (tertiary/aromatic N) is 1. The molecule has 0 bridgehead atoms. The second-order valence-corrected chi connectivity index (χ2v) is 6.61. The summed E-state index contributed by atoms with van der Waals surface area (Å²) in [5, 5.41) is 3.12. The number of ether oxygens (including phenoxy) is 1. The van der Waals surface area contributed by atoms with Crippen LogP contribution in [0.2, 0.25) is 0 Å². The highest BCUT2D eigenvalue weighted by molar-refractivity contribution is 5.83. The Morgan fingerprint density at radius 2 is 2.13 bits per heavy atom. The van der Waals surface area contributed by atoms with E-state index in [9.17, 15) is 4.79 Å². The lowest BCUT2D eigenvalue weighted by atomic mass is 9.95. The van der Waals surface area contributed by atoms with Gasteiger partial charge < -0.3 is 19.4 Å². The Bertz CT molecular complexity index is 504. The summed E-state index contributed by atoms with van der Waals surface area (Å²) in [5.74, 6) is 2.22. The third kappa shape index (κ3) is 5.08. The Hall–Kier alpha value is -1.33. The van der Waals surface area contributed by atoms with E-state index >= 15 is 0 Å². The van der Waals surface area contributed by atoms with Crippen molar-refractivity contribution < 1.29 is 13.9 Å². The van der Waals surface area contributed by atoms with Crippen LogP contribution in [0.25, 0.3) is 0 Å². The zero-order valence-electron chi connectivity index (χ0n) is 14.9. The molecule has 130 valence electrons. The van der Waals surface area contributed by atoms with E-state index in [1.165, 1.54) is 0 Å². The number of carbonyl (C=O) groups excluding carboxylic acids is 1. The van der Waals surface area contributed by atoms with Gasteiger partial charge >= 0.3 is 0 Å². The molecule has 1 saturated heterocycles. The minimum absolute atomic E-state index is 0.0933. The normalized spacial score (nSPS) is 18.1. The van der Waals surface area contributed by atoms with Crippen molar-refractivity contribution in [3.05, 3.63) is 23.2 Å². The molecule has 1 amide bonds. The molecule has 5 nitrogen and oxygen atoms in total. The number of likely N-dealkylation sites (tertiary alicyclic amines) is 1. The molecule has 0 radical (unpaired) electrons. The maximum absolute atomic E-state index is 12.4. The fourth-order valence-corrected chi connectivity index (χ4v) is 3.25. The average molecular weight is 322 g/mol. The molecule has 0 saturated carbocycles. The number of hydrogen-bond donors (Lipinski definition) is 1. The van der Waals surface area contributed by atoms with E-state index in [2.05, 4.69) is 10.2 Å². The highest BCUT2D eigenvalue weighted by Gasteiger charge is 2.23. The van der Waals surface area contributed by atoms with Gasteiger partial charge in [-0.15, -0.1) is 0 Å². The Balaban J connectivity index is 1.74. The zero-order valence-corrected chi connectivity index (χ0v) is 14.9. The fraction of sp³-hybridized carbons (Fsp3) is 0.722. The summed E-state index contributed by atoms with van der Waals surface area (Å²) in [6.45, 7) is 10.5. The molecule has 0 unspecified atom stereocenters. The summed E-state index contributed by atoms with van der Waals surface area (Å²) in [4.78, 5) is 14.8. The van der Waals surface area contributed by atoms with E-state index in [-0.39, 0.29) is 11.8 Å². The van der Waals surface area contributed by atoms with Crippen LogP contribution in [0.15, 0.2) is 10.5 Å². The molecule has 1 aliphatic heterocycles. The van der Waals surface area contributed by atoms with Crippen LogP contribution in [0, 0.1) is 19.8 Å². The predicted octanol–water partition coefficient (Wildman–Crippen LogP) is 2.47. The van der Waals surface area contributed by atoms with Crippen molar-refractivity contribution in [2.75, 3.05) is 39.9 Å². The largest absolute Gasteiger partial charge is 0.466 e. The maximum atomic E-state index is 12.4. The molecule has 1 atom stereocenters. The third-order valence-corrected chi connectivity index (χ3v) is 4.82. The average Bonchev–Trinajstić information content (AvgIpc) is 2.89. The van der Waals surface area contributed by atoms with Gasteiger partial charge in [-0.05, 0) is 58.7 Å². The van der Waals surface area contributed by atoms with E-state index in [1.54, 1.807) is 7.11 Å². The quantitative estimate of drug-likeness (QED) is 0.838. The molecule has 1 aromatic rings. The van der Waals surface area contributed by atoms with Crippen molar-refractivity contribution in [1.82, 2.24) is 10.2 Å². The fourth-order valence-electron chi connectivity index (χ4n) is 3.25. The van der Waals surface area contributed by atoms with Crippen molar-refractivity contribution in [2.45, 2.75) is 39.5 Å². The van der Waals surface area contributed by atoms with Gasteiger partial charge in [0.2, 0.25) is 5.91 Å². The number of amides is 1. The summed E-state index contributed by atoms with van der Waals surface area (Å²) in [6.07, 6.45) is 2.28. The molecule has 23 heavy (non-hydrogen) atoms. The van der Waals surface area contributed by atoms with Crippen molar-refractivity contribution >= 4 is 5.91 Å². The highest BCUT2D eigenvalue weighted by Crippen LogP contribution is 2.23. The van der Waals surface area contributed by atoms with Gasteiger partial charge in [-0.25, -0.2) is 0 Å². The Morgan fingerprint density at radius 1 is 1.43 bits per heavy atom. The van der Waals surface area contributed by atoms with Crippen molar-refractivity contribution in [3.63, 3.8) is 0 Å². The van der Waals surface area contributed by atoms with Crippen LogP contribution in [0.4, 0.5) is 0 Å². The van der Waals surface area contributed by atoms with Crippen molar-refractivity contribution in [1.29, 1.82) is 0 Å². The first-order chi connectivity index (χ1) is 11.0. The van der Waals surface area contributed by atoms with Crippen LogP contribution in [-0.2, 0) is 9.53 Å². The van der Waals surface area contributed by atoms with E-state index in [0.29, 0.717) is 5.92 Å². The molecule has 1 aromatic heterocycles. The first-order valence-corrected chi connectivity index (χ1v) is 8.57. The third-order valence-electron chi connectivity index (χ3n) is 4.82. The van der Waals surface area contributed by atoms with Crippen LogP contribution in [0.3, 0.4) is 0 Å². The van der Waals surface area contributed by atoms with Crippen LogP contribution in [0.5, 0.6) is 0 Å². The molecular formula is C18H30N2O3. The lowest BCUT2D eigenvalue weighted by Crippen LogP contribution is -2.40. The maximum Gasteiger partial charge on any atom is 0.227 e. The molecule has 2 rings (SSSR count). The van der Waals surface area contributed by atoms with Gasteiger partial charge in [0.1, 0.15) is 11.5 Å². The number of methoxy groups -OCH3 is 1. The summed E-state index contributed by atoms with van der Waals surface area (Å²) in [5.41, 5.74) is 0.995. The molecule has 2 heterocycles. The second-order valence-electron chi connectivity index (χ2n) is 6.61. The van der Waals surface area contributed by atoms with Gasteiger partial charge in [-0.3, -0.25) is 4.79 Å². The topological polar surface area (TPSA) is 54.7 Å². The molecule has 1 fully saturated rings. The number of piperidine rings is 1. The van der Waals surface area contributed by atoms with Crippen LogP contribution in [0.1, 0.15) is 42.8 Å². The summed E-state index contributed by atoms with van der Waals surface area (Å²) < 4.78 is 10.7. The first kappa shape index (κ1) is 18.0. The van der Waals surface area contributed by atoms with Gasteiger partial charge in [0.25, 0.3) is 0 Å². The van der Waals surface area contributed by atoms with Crippen molar-refractivity contribution in [3.8, 4) is 0 Å². The smallest absolute Gasteiger partial charge is 0.227 e. The monoisotopic (exact) mass is 322 g/mol. The van der Waals surface area contributed by atoms with Crippen molar-refractivity contribution in [2.24, 2.45) is 5.92 Å². The number of nitrogens with one attached hydrogen (secondary N) is 1. The van der Waals surface area contributed by atoms with Gasteiger partial charge in [0.15, 0.2) is 0 Å². The Morgan fingerprint density at radius 3 is 2.70 bits per heavy atom. The molecular weight excluding hydrogens is 292 g/mol. The standard InChI is InChI=1S/C18H30N2O3/c1-13-11-17(15(3)23-13)14(2)18(21)19-12-16-5-7-20(8-6-16)9-10-22-4/h11,14,16H,5-10,12H2,1-4H3,(H,19,21)/t14-/m1/s1. The van der Waals surface area contributed by atoms with Crippen LogP contribution >= 0.6 is 0 Å². The Labute approximate surface area is 139 Å². The predicted molar refractivity (Wildman–Crippen MR) is 90.6 cm³/mol.